The summed E-state index contributed by atoms with van der Waals surface area (Å²) in [6, 6.07) is 0. The van der Waals surface area contributed by atoms with Crippen LogP contribution >= 0.6 is 0 Å². The van der Waals surface area contributed by atoms with Crippen molar-refractivity contribution in [2.45, 2.75) is 43.3 Å². The molecule has 1 unspecified atom stereocenters. The van der Waals surface area contributed by atoms with Gasteiger partial charge >= 0.3 is 82.9 Å². The standard InChI is InChI=1S/C8H12B2O4/c1-7(2)13-5-4(3-11)12-8(9-10-8)6(5)14-7/h4-6,11H,3H2,1-2H3/t4-,5-,6?/m1/s1. The molecule has 3 heterocycles. The Morgan fingerprint density at radius 3 is 2.50 bits per heavy atom. The zero-order valence-electron chi connectivity index (χ0n) is 8.27. The molecule has 6 heteroatoms. The van der Waals surface area contributed by atoms with E-state index in [1.807, 2.05) is 27.5 Å². The van der Waals surface area contributed by atoms with Crippen LogP contribution in [0.15, 0.2) is 0 Å². The number of hydrogen-bond donors (Lipinski definition) is 1. The van der Waals surface area contributed by atoms with Crippen molar-refractivity contribution in [3.05, 3.63) is 0 Å². The van der Waals surface area contributed by atoms with E-state index < -0.39 is 5.79 Å². The average molecular weight is 194 g/mol. The monoisotopic (exact) mass is 194 g/mol. The predicted molar refractivity (Wildman–Crippen MR) is 50.0 cm³/mol. The molecule has 2 saturated heterocycles. The van der Waals surface area contributed by atoms with Crippen molar-refractivity contribution in [2.24, 2.45) is 0 Å². The number of aliphatic hydroxyl groups excluding tert-OH is 1. The average Bonchev–Trinajstić information content (AvgIpc) is 2.74. The molecule has 1 N–H and O–H groups in total. The van der Waals surface area contributed by atoms with E-state index in [0.29, 0.717) is 0 Å². The second kappa shape index (κ2) is 2.55. The summed E-state index contributed by atoms with van der Waals surface area (Å²) in [6.45, 7) is 7.67. The zero-order valence-corrected chi connectivity index (χ0v) is 8.27. The molecule has 0 aromatic heterocycles. The molecule has 2 fully saturated rings. The Morgan fingerprint density at radius 2 is 1.93 bits per heavy atom. The molecule has 3 aliphatic heterocycles. The first-order chi connectivity index (χ1) is 6.56. The van der Waals surface area contributed by atoms with Crippen molar-refractivity contribution >= 4 is 13.6 Å². The van der Waals surface area contributed by atoms with Crippen molar-refractivity contribution in [1.82, 2.24) is 0 Å². The molecule has 3 aliphatic rings. The van der Waals surface area contributed by atoms with Crippen LogP contribution in [0.5, 0.6) is 0 Å². The molecule has 3 rings (SSSR count). The summed E-state index contributed by atoms with van der Waals surface area (Å²) in [4.78, 5) is 0. The molecular weight excluding hydrogens is 182 g/mol. The van der Waals surface area contributed by atoms with E-state index >= 15 is 0 Å². The van der Waals surface area contributed by atoms with Gasteiger partial charge in [-0.3, -0.25) is 0 Å². The number of aliphatic hydroxyl groups is 1. The van der Waals surface area contributed by atoms with Crippen LogP contribution in [-0.4, -0.2) is 54.8 Å². The van der Waals surface area contributed by atoms with Gasteiger partial charge in [0.15, 0.2) is 0 Å². The van der Waals surface area contributed by atoms with Crippen molar-refractivity contribution < 1.29 is 19.3 Å². The van der Waals surface area contributed by atoms with E-state index in [-0.39, 0.29) is 30.3 Å². The summed E-state index contributed by atoms with van der Waals surface area (Å²) in [7, 11) is 0. The minimum atomic E-state index is -0.566. The Balaban J connectivity index is 1.87. The summed E-state index contributed by atoms with van der Waals surface area (Å²) < 4.78 is 17.1. The van der Waals surface area contributed by atoms with E-state index in [1.54, 1.807) is 0 Å². The molecule has 0 amide bonds. The van der Waals surface area contributed by atoms with Crippen molar-refractivity contribution in [2.75, 3.05) is 6.61 Å². The van der Waals surface area contributed by atoms with Gasteiger partial charge in [-0.1, -0.05) is 0 Å². The first-order valence-corrected chi connectivity index (χ1v) is 4.91. The topological polar surface area (TPSA) is 47.9 Å². The zero-order chi connectivity index (χ0) is 9.97. The summed E-state index contributed by atoms with van der Waals surface area (Å²) >= 11 is 0. The fourth-order valence-electron chi connectivity index (χ4n) is 2.30. The van der Waals surface area contributed by atoms with Crippen LogP contribution in [-0.2, 0) is 14.2 Å². The van der Waals surface area contributed by atoms with Crippen LogP contribution in [0.3, 0.4) is 0 Å². The quantitative estimate of drug-likeness (QED) is 0.537. The molecular formula is C8H12B2O4. The van der Waals surface area contributed by atoms with Gasteiger partial charge in [0.2, 0.25) is 0 Å². The maximum atomic E-state index is 9.15. The van der Waals surface area contributed by atoms with Crippen LogP contribution in [0.2, 0.25) is 0 Å². The van der Waals surface area contributed by atoms with E-state index in [0.717, 1.165) is 0 Å². The molecule has 0 bridgehead atoms. The molecule has 74 valence electrons. The molecule has 4 nitrogen and oxygen atoms in total. The normalized spacial score (nSPS) is 44.6. The number of rotatable bonds is 1. The third kappa shape index (κ3) is 1.11. The van der Waals surface area contributed by atoms with Crippen LogP contribution in [0.4, 0.5) is 0 Å². The fraction of sp³-hybridized carbons (Fsp3) is 1.00. The van der Waals surface area contributed by atoms with E-state index in [9.17, 15) is 0 Å². The summed E-state index contributed by atoms with van der Waals surface area (Å²) in [5.41, 5.74) is 0. The second-order valence-electron chi connectivity index (χ2n) is 4.55. The molecule has 0 aromatic rings. The van der Waals surface area contributed by atoms with Gasteiger partial charge in [0.1, 0.15) is 0 Å². The molecule has 0 aromatic carbocycles. The first kappa shape index (κ1) is 9.21. The molecule has 0 aliphatic carbocycles. The number of hydrogen-bond acceptors (Lipinski definition) is 4. The van der Waals surface area contributed by atoms with Gasteiger partial charge in [-0.15, -0.1) is 0 Å². The fourth-order valence-corrected chi connectivity index (χ4v) is 2.30. The van der Waals surface area contributed by atoms with Gasteiger partial charge < -0.3 is 0 Å². The van der Waals surface area contributed by atoms with Crippen LogP contribution in [0.1, 0.15) is 13.8 Å². The Bertz CT molecular complexity index is 298. The molecule has 0 saturated carbocycles. The molecule has 1 spiro atoms. The van der Waals surface area contributed by atoms with E-state index in [1.165, 1.54) is 0 Å². The second-order valence-corrected chi connectivity index (χ2v) is 4.55. The van der Waals surface area contributed by atoms with Crippen LogP contribution in [0, 0.1) is 0 Å². The van der Waals surface area contributed by atoms with Crippen LogP contribution < -0.4 is 0 Å². The van der Waals surface area contributed by atoms with Gasteiger partial charge in [0.05, 0.1) is 0 Å². The minimum absolute atomic E-state index is 0.0238. The van der Waals surface area contributed by atoms with Crippen LogP contribution in [0.25, 0.3) is 0 Å². The Kier molecular flexibility index (Phi) is 1.68. The first-order valence-electron chi connectivity index (χ1n) is 4.91. The maximum absolute atomic E-state index is 9.15. The van der Waals surface area contributed by atoms with Crippen molar-refractivity contribution in [1.29, 1.82) is 0 Å². The molecule has 14 heavy (non-hydrogen) atoms. The number of fused-ring (bicyclic) bond motifs is 2. The van der Waals surface area contributed by atoms with Gasteiger partial charge in [-0.05, 0) is 0 Å². The van der Waals surface area contributed by atoms with Gasteiger partial charge in [0, 0.05) is 0 Å². The Morgan fingerprint density at radius 1 is 1.21 bits per heavy atom. The molecule has 0 radical (unpaired) electrons. The summed E-state index contributed by atoms with van der Waals surface area (Å²) in [5, 5.41) is 8.77. The number of ether oxygens (including phenoxy) is 3. The SMILES string of the molecule is CC1(C)OC2[C@H](O1)[C@@H](CO)OC21B=B1. The Labute approximate surface area is 83.6 Å². The molecule has 3 atom stereocenters. The van der Waals surface area contributed by atoms with E-state index in [4.69, 9.17) is 19.3 Å². The predicted octanol–water partition coefficient (Wildman–Crippen LogP) is -1.11. The Hall–Kier alpha value is -0.0301. The van der Waals surface area contributed by atoms with Crippen molar-refractivity contribution in [3.8, 4) is 0 Å². The van der Waals surface area contributed by atoms with E-state index in [2.05, 4.69) is 0 Å². The van der Waals surface area contributed by atoms with Gasteiger partial charge in [0.25, 0.3) is 0 Å². The van der Waals surface area contributed by atoms with Gasteiger partial charge in [-0.2, -0.15) is 0 Å². The summed E-state index contributed by atoms with van der Waals surface area (Å²) in [6.07, 6.45) is -0.503. The van der Waals surface area contributed by atoms with Crippen molar-refractivity contribution in [3.63, 3.8) is 0 Å². The third-order valence-electron chi connectivity index (χ3n) is 2.97. The van der Waals surface area contributed by atoms with Gasteiger partial charge in [-0.25, -0.2) is 0 Å². The summed E-state index contributed by atoms with van der Waals surface area (Å²) in [5.74, 6) is -0.566. The third-order valence-corrected chi connectivity index (χ3v) is 2.97.